The Bertz CT molecular complexity index is 1000. The first kappa shape index (κ1) is 19.4. The summed E-state index contributed by atoms with van der Waals surface area (Å²) < 4.78 is 14.0. The van der Waals surface area contributed by atoms with Crippen molar-refractivity contribution in [1.82, 2.24) is 25.0 Å². The number of morpholine rings is 1. The van der Waals surface area contributed by atoms with E-state index in [0.717, 1.165) is 47.8 Å². The normalized spacial score (nSPS) is 22.5. The van der Waals surface area contributed by atoms with Crippen molar-refractivity contribution in [3.63, 3.8) is 0 Å². The Morgan fingerprint density at radius 2 is 2.07 bits per heavy atom. The molecule has 0 aromatic carbocycles. The average molecular weight is 411 g/mol. The second kappa shape index (κ2) is 7.58. The highest BCUT2D eigenvalue weighted by molar-refractivity contribution is 5.85. The number of pyridine rings is 1. The number of aromatic amines is 1. The van der Waals surface area contributed by atoms with Gasteiger partial charge in [0, 0.05) is 24.9 Å². The van der Waals surface area contributed by atoms with Gasteiger partial charge in [-0.05, 0) is 38.0 Å². The minimum atomic E-state index is 0.229. The Labute approximate surface area is 176 Å². The summed E-state index contributed by atoms with van der Waals surface area (Å²) in [4.78, 5) is 7.27. The van der Waals surface area contributed by atoms with E-state index in [0.29, 0.717) is 18.6 Å². The molecular weight excluding hydrogens is 380 g/mol. The third kappa shape index (κ3) is 3.64. The number of rotatable bonds is 4. The van der Waals surface area contributed by atoms with E-state index in [1.807, 2.05) is 12.3 Å². The molecule has 30 heavy (non-hydrogen) atoms. The van der Waals surface area contributed by atoms with Gasteiger partial charge in [0.05, 0.1) is 36.9 Å². The maximum Gasteiger partial charge on any atom is 0.177 e. The molecular formula is C22H30N6O2. The number of aromatic nitrogens is 5. The van der Waals surface area contributed by atoms with Crippen molar-refractivity contribution >= 4 is 16.9 Å². The first-order valence-electron chi connectivity index (χ1n) is 10.9. The molecule has 3 aromatic rings. The van der Waals surface area contributed by atoms with Crippen molar-refractivity contribution in [3.8, 4) is 11.6 Å². The first-order valence-corrected chi connectivity index (χ1v) is 10.9. The van der Waals surface area contributed by atoms with Gasteiger partial charge in [0.25, 0.3) is 0 Å². The van der Waals surface area contributed by atoms with E-state index in [1.165, 1.54) is 12.8 Å². The van der Waals surface area contributed by atoms with Crippen molar-refractivity contribution < 1.29 is 9.47 Å². The number of ether oxygens (including phenoxy) is 2. The smallest absolute Gasteiger partial charge is 0.177 e. The van der Waals surface area contributed by atoms with E-state index in [2.05, 4.69) is 47.0 Å². The van der Waals surface area contributed by atoms with Crippen LogP contribution in [0.2, 0.25) is 0 Å². The number of H-pyrrole nitrogens is 1. The van der Waals surface area contributed by atoms with Crippen LogP contribution < -0.4 is 9.64 Å². The molecule has 0 spiro atoms. The molecule has 1 saturated heterocycles. The summed E-state index contributed by atoms with van der Waals surface area (Å²) in [5.41, 5.74) is 1.18. The van der Waals surface area contributed by atoms with E-state index in [-0.39, 0.29) is 12.1 Å². The first-order chi connectivity index (χ1) is 14.5. The topological polar surface area (TPSA) is 81.1 Å². The highest BCUT2D eigenvalue weighted by Gasteiger charge is 2.29. The lowest BCUT2D eigenvalue weighted by atomic mass is 9.76. The second-order valence-electron chi connectivity index (χ2n) is 9.30. The van der Waals surface area contributed by atoms with Gasteiger partial charge in [0.1, 0.15) is 11.6 Å². The molecule has 8 nitrogen and oxygen atoms in total. The van der Waals surface area contributed by atoms with Crippen LogP contribution in [0.1, 0.15) is 46.5 Å². The van der Waals surface area contributed by atoms with Crippen molar-refractivity contribution in [2.45, 2.75) is 58.6 Å². The van der Waals surface area contributed by atoms with Gasteiger partial charge in [-0.1, -0.05) is 13.8 Å². The fourth-order valence-electron chi connectivity index (χ4n) is 4.48. The largest absolute Gasteiger partial charge is 0.489 e. The standard InChI is InChI=1S/C22H30N6O2/c1-15-14-29-11-10-27(15)20-12-18(30-16-4-7-22(2,3)8-5-16)17-13-24-28(21(17)25-20)19-6-9-23-26-19/h6,9,12-13,15-16H,4-5,7-8,10-11,14H2,1-3H3,(H,23,26)/t15-/m1/s1. The molecule has 0 amide bonds. The number of hydrogen-bond donors (Lipinski definition) is 1. The number of anilines is 1. The van der Waals surface area contributed by atoms with Crippen LogP contribution >= 0.6 is 0 Å². The highest BCUT2D eigenvalue weighted by Crippen LogP contribution is 2.38. The fraction of sp³-hybridized carbons (Fsp3) is 0.591. The predicted molar refractivity (Wildman–Crippen MR) is 115 cm³/mol. The summed E-state index contributed by atoms with van der Waals surface area (Å²) in [6, 6.07) is 4.23. The minimum Gasteiger partial charge on any atom is -0.489 e. The summed E-state index contributed by atoms with van der Waals surface area (Å²) in [7, 11) is 0. The number of hydrogen-bond acceptors (Lipinski definition) is 6. The van der Waals surface area contributed by atoms with Gasteiger partial charge in [-0.3, -0.25) is 5.10 Å². The Morgan fingerprint density at radius 1 is 1.23 bits per heavy atom. The van der Waals surface area contributed by atoms with Crippen LogP contribution in [0.25, 0.3) is 16.9 Å². The Hall–Kier alpha value is -2.61. The van der Waals surface area contributed by atoms with Crippen LogP contribution in [-0.4, -0.2) is 56.9 Å². The number of fused-ring (bicyclic) bond motifs is 1. The van der Waals surface area contributed by atoms with Gasteiger partial charge >= 0.3 is 0 Å². The third-order valence-corrected chi connectivity index (χ3v) is 6.43. The average Bonchev–Trinajstić information content (AvgIpc) is 3.39. The maximum atomic E-state index is 6.58. The van der Waals surface area contributed by atoms with Gasteiger partial charge in [-0.2, -0.15) is 14.9 Å². The molecule has 2 aliphatic rings. The number of nitrogens with one attached hydrogen (secondary N) is 1. The molecule has 3 aromatic heterocycles. The quantitative estimate of drug-likeness (QED) is 0.706. The molecule has 0 unspecified atom stereocenters. The van der Waals surface area contributed by atoms with Gasteiger partial charge < -0.3 is 14.4 Å². The van der Waals surface area contributed by atoms with Gasteiger partial charge in [-0.15, -0.1) is 0 Å². The highest BCUT2D eigenvalue weighted by atomic mass is 16.5. The molecule has 1 aliphatic carbocycles. The van der Waals surface area contributed by atoms with E-state index in [1.54, 1.807) is 10.9 Å². The molecule has 1 atom stereocenters. The lowest BCUT2D eigenvalue weighted by Gasteiger charge is -2.36. The molecule has 2 fully saturated rings. The van der Waals surface area contributed by atoms with E-state index >= 15 is 0 Å². The van der Waals surface area contributed by atoms with Crippen LogP contribution in [0.3, 0.4) is 0 Å². The van der Waals surface area contributed by atoms with Crippen LogP contribution in [0.15, 0.2) is 24.5 Å². The third-order valence-electron chi connectivity index (χ3n) is 6.43. The molecule has 1 saturated carbocycles. The van der Waals surface area contributed by atoms with Crippen molar-refractivity contribution in [3.05, 3.63) is 24.5 Å². The zero-order valence-corrected chi connectivity index (χ0v) is 18.0. The second-order valence-corrected chi connectivity index (χ2v) is 9.30. The van der Waals surface area contributed by atoms with E-state index in [4.69, 9.17) is 14.5 Å². The van der Waals surface area contributed by atoms with Gasteiger partial charge in [0.2, 0.25) is 0 Å². The summed E-state index contributed by atoms with van der Waals surface area (Å²) in [6.07, 6.45) is 8.38. The Kier molecular flexibility index (Phi) is 4.89. The molecule has 1 N–H and O–H groups in total. The zero-order chi connectivity index (χ0) is 20.7. The number of nitrogens with zero attached hydrogens (tertiary/aromatic N) is 5. The van der Waals surface area contributed by atoms with Crippen molar-refractivity contribution in [1.29, 1.82) is 0 Å². The van der Waals surface area contributed by atoms with Gasteiger partial charge in [-0.25, -0.2) is 4.98 Å². The molecule has 5 rings (SSSR count). The van der Waals surface area contributed by atoms with Crippen molar-refractivity contribution in [2.24, 2.45) is 5.41 Å². The lowest BCUT2D eigenvalue weighted by Crippen LogP contribution is -2.44. The maximum absolute atomic E-state index is 6.58. The SMILES string of the molecule is C[C@@H]1COCCN1c1cc(OC2CCC(C)(C)CC2)c2cnn(-c3cc[nH]n3)c2n1. The molecule has 1 aliphatic heterocycles. The minimum absolute atomic E-state index is 0.229. The summed E-state index contributed by atoms with van der Waals surface area (Å²) in [5.74, 6) is 2.48. The zero-order valence-electron chi connectivity index (χ0n) is 18.0. The summed E-state index contributed by atoms with van der Waals surface area (Å²) in [5, 5.41) is 12.6. The summed E-state index contributed by atoms with van der Waals surface area (Å²) in [6.45, 7) is 9.08. The summed E-state index contributed by atoms with van der Waals surface area (Å²) >= 11 is 0. The lowest BCUT2D eigenvalue weighted by molar-refractivity contribution is 0.0971. The van der Waals surface area contributed by atoms with Crippen LogP contribution in [0, 0.1) is 5.41 Å². The van der Waals surface area contributed by atoms with Gasteiger partial charge in [0.15, 0.2) is 11.5 Å². The van der Waals surface area contributed by atoms with E-state index < -0.39 is 0 Å². The van der Waals surface area contributed by atoms with E-state index in [9.17, 15) is 0 Å². The fourth-order valence-corrected chi connectivity index (χ4v) is 4.48. The van der Waals surface area contributed by atoms with Crippen LogP contribution in [0.5, 0.6) is 5.75 Å². The van der Waals surface area contributed by atoms with Crippen LogP contribution in [0.4, 0.5) is 5.82 Å². The molecule has 0 bridgehead atoms. The molecule has 8 heteroatoms. The Morgan fingerprint density at radius 3 is 2.80 bits per heavy atom. The molecule has 160 valence electrons. The molecule has 0 radical (unpaired) electrons. The Balaban J connectivity index is 1.54. The van der Waals surface area contributed by atoms with Crippen molar-refractivity contribution in [2.75, 3.05) is 24.7 Å². The monoisotopic (exact) mass is 410 g/mol. The molecule has 4 heterocycles. The van der Waals surface area contributed by atoms with Crippen LogP contribution in [-0.2, 0) is 4.74 Å². The predicted octanol–water partition coefficient (Wildman–Crippen LogP) is 3.72.